The van der Waals surface area contributed by atoms with E-state index < -0.39 is 0 Å². The normalized spacial score (nSPS) is 25.3. The molecule has 1 atom stereocenters. The maximum atomic E-state index is 6.03. The van der Waals surface area contributed by atoms with Crippen molar-refractivity contribution in [3.63, 3.8) is 0 Å². The van der Waals surface area contributed by atoms with E-state index in [0.717, 1.165) is 63.1 Å². The van der Waals surface area contributed by atoms with Crippen LogP contribution in [0.5, 0.6) is 5.88 Å². The molecule has 7 heteroatoms. The Bertz CT molecular complexity index is 655. The van der Waals surface area contributed by atoms with Crippen LogP contribution in [0, 0.1) is 5.41 Å². The second-order valence-corrected chi connectivity index (χ2v) is 8.53. The van der Waals surface area contributed by atoms with Gasteiger partial charge in [-0.2, -0.15) is 0 Å². The monoisotopic (exact) mass is 514 g/mol. The molecular weight excluding hydrogens is 479 g/mol. The molecule has 3 fully saturated rings. The van der Waals surface area contributed by atoms with Crippen LogP contribution in [0.15, 0.2) is 23.3 Å². The van der Waals surface area contributed by atoms with Crippen LogP contribution >= 0.6 is 24.0 Å². The zero-order chi connectivity index (χ0) is 19.2. The molecule has 1 N–H and O–H groups in total. The van der Waals surface area contributed by atoms with Crippen molar-refractivity contribution >= 4 is 29.9 Å². The average Bonchev–Trinajstić information content (AvgIpc) is 3.37. The van der Waals surface area contributed by atoms with Crippen LogP contribution < -0.4 is 10.1 Å². The molecule has 2 saturated heterocycles. The first-order valence-corrected chi connectivity index (χ1v) is 11.0. The standard InChI is InChI=1S/C22H34N4O2.HI/c1-2-23-21(26-12-10-22(16-26)11-13-27-17-22)25-15-18-8-9-20(24-14-18)28-19-6-4-3-5-7-19;/h8-9,14,19H,2-7,10-13,15-17H2,1H3,(H,23,25);1H. The van der Waals surface area contributed by atoms with Crippen molar-refractivity contribution in [2.45, 2.75) is 64.5 Å². The minimum absolute atomic E-state index is 0. The lowest BCUT2D eigenvalue weighted by molar-refractivity contribution is 0.148. The summed E-state index contributed by atoms with van der Waals surface area (Å²) in [6, 6.07) is 4.08. The van der Waals surface area contributed by atoms with Crippen molar-refractivity contribution in [1.82, 2.24) is 15.2 Å². The minimum atomic E-state index is 0. The molecule has 1 aliphatic carbocycles. The number of rotatable bonds is 5. The van der Waals surface area contributed by atoms with E-state index in [0.29, 0.717) is 18.1 Å². The molecule has 0 radical (unpaired) electrons. The van der Waals surface area contributed by atoms with Gasteiger partial charge in [0.15, 0.2) is 5.96 Å². The third-order valence-corrected chi connectivity index (χ3v) is 6.31. The van der Waals surface area contributed by atoms with Crippen LogP contribution in [0.2, 0.25) is 0 Å². The number of nitrogens with one attached hydrogen (secondary N) is 1. The van der Waals surface area contributed by atoms with E-state index in [2.05, 4.69) is 28.2 Å². The number of guanidine groups is 1. The van der Waals surface area contributed by atoms with Crippen LogP contribution in [-0.2, 0) is 11.3 Å². The Kier molecular flexibility index (Phi) is 8.41. The third-order valence-electron chi connectivity index (χ3n) is 6.31. The van der Waals surface area contributed by atoms with E-state index in [1.54, 1.807) is 0 Å². The van der Waals surface area contributed by atoms with E-state index in [1.165, 1.54) is 32.1 Å². The van der Waals surface area contributed by atoms with Crippen LogP contribution in [0.4, 0.5) is 0 Å². The highest BCUT2D eigenvalue weighted by molar-refractivity contribution is 14.0. The van der Waals surface area contributed by atoms with Gasteiger partial charge in [-0.3, -0.25) is 0 Å². The highest BCUT2D eigenvalue weighted by Gasteiger charge is 2.42. The molecule has 162 valence electrons. The van der Waals surface area contributed by atoms with Gasteiger partial charge < -0.3 is 19.7 Å². The lowest BCUT2D eigenvalue weighted by atomic mass is 9.87. The number of aliphatic imine (C=N–C) groups is 1. The lowest BCUT2D eigenvalue weighted by Gasteiger charge is -2.25. The molecule has 4 rings (SSSR count). The summed E-state index contributed by atoms with van der Waals surface area (Å²) < 4.78 is 11.7. The molecule has 6 nitrogen and oxygen atoms in total. The van der Waals surface area contributed by atoms with Crippen molar-refractivity contribution in [2.24, 2.45) is 10.4 Å². The van der Waals surface area contributed by atoms with Gasteiger partial charge in [0.05, 0.1) is 13.2 Å². The molecule has 1 aromatic heterocycles. The Hall–Kier alpha value is -1.09. The zero-order valence-corrected chi connectivity index (χ0v) is 19.9. The fraction of sp³-hybridized carbons (Fsp3) is 0.727. The molecule has 1 aromatic rings. The quantitative estimate of drug-likeness (QED) is 0.366. The molecule has 29 heavy (non-hydrogen) atoms. The van der Waals surface area contributed by atoms with Crippen molar-refractivity contribution in [2.75, 3.05) is 32.8 Å². The number of nitrogens with zero attached hydrogens (tertiary/aromatic N) is 3. The number of ether oxygens (including phenoxy) is 2. The van der Waals surface area contributed by atoms with Gasteiger partial charge in [0.2, 0.25) is 5.88 Å². The number of pyridine rings is 1. The number of hydrogen-bond acceptors (Lipinski definition) is 4. The fourth-order valence-corrected chi connectivity index (χ4v) is 4.61. The summed E-state index contributed by atoms with van der Waals surface area (Å²) in [4.78, 5) is 11.8. The van der Waals surface area contributed by atoms with Crippen LogP contribution in [0.3, 0.4) is 0 Å². The topological polar surface area (TPSA) is 59.0 Å². The predicted octanol–water partition coefficient (Wildman–Crippen LogP) is 3.99. The Morgan fingerprint density at radius 2 is 2.17 bits per heavy atom. The average molecular weight is 514 g/mol. The lowest BCUT2D eigenvalue weighted by Crippen LogP contribution is -2.41. The van der Waals surface area contributed by atoms with Gasteiger partial charge >= 0.3 is 0 Å². The van der Waals surface area contributed by atoms with Gasteiger partial charge in [0, 0.05) is 43.9 Å². The number of hydrogen-bond donors (Lipinski definition) is 1. The molecule has 2 aliphatic heterocycles. The highest BCUT2D eigenvalue weighted by Crippen LogP contribution is 2.38. The summed E-state index contributed by atoms with van der Waals surface area (Å²) in [5, 5.41) is 3.46. The second-order valence-electron chi connectivity index (χ2n) is 8.53. The second kappa shape index (κ2) is 10.8. The molecule has 0 aromatic carbocycles. The fourth-order valence-electron chi connectivity index (χ4n) is 4.61. The van der Waals surface area contributed by atoms with Gasteiger partial charge in [-0.05, 0) is 51.0 Å². The van der Waals surface area contributed by atoms with Crippen LogP contribution in [-0.4, -0.2) is 54.8 Å². The first-order chi connectivity index (χ1) is 13.8. The summed E-state index contributed by atoms with van der Waals surface area (Å²) in [5.41, 5.74) is 1.46. The molecule has 3 aliphatic rings. The summed E-state index contributed by atoms with van der Waals surface area (Å²) in [5.74, 6) is 1.75. The van der Waals surface area contributed by atoms with Crippen LogP contribution in [0.1, 0.15) is 57.4 Å². The van der Waals surface area contributed by atoms with Crippen molar-refractivity contribution in [3.05, 3.63) is 23.9 Å². The Labute approximate surface area is 191 Å². The van der Waals surface area contributed by atoms with E-state index in [4.69, 9.17) is 14.5 Å². The van der Waals surface area contributed by atoms with E-state index in [-0.39, 0.29) is 24.0 Å². The Morgan fingerprint density at radius 3 is 2.86 bits per heavy atom. The number of likely N-dealkylation sites (tertiary alicyclic amines) is 1. The van der Waals surface area contributed by atoms with Crippen molar-refractivity contribution < 1.29 is 9.47 Å². The van der Waals surface area contributed by atoms with E-state index in [1.807, 2.05) is 12.3 Å². The smallest absolute Gasteiger partial charge is 0.213 e. The van der Waals surface area contributed by atoms with E-state index in [9.17, 15) is 0 Å². The summed E-state index contributed by atoms with van der Waals surface area (Å²) >= 11 is 0. The number of halogens is 1. The molecule has 3 heterocycles. The third kappa shape index (κ3) is 5.96. The molecule has 0 amide bonds. The van der Waals surface area contributed by atoms with Gasteiger partial charge in [-0.25, -0.2) is 9.98 Å². The van der Waals surface area contributed by atoms with E-state index >= 15 is 0 Å². The summed E-state index contributed by atoms with van der Waals surface area (Å²) in [7, 11) is 0. The Morgan fingerprint density at radius 1 is 1.31 bits per heavy atom. The summed E-state index contributed by atoms with van der Waals surface area (Å²) in [6.07, 6.45) is 10.8. The highest BCUT2D eigenvalue weighted by atomic mass is 127. The zero-order valence-electron chi connectivity index (χ0n) is 17.6. The van der Waals surface area contributed by atoms with Gasteiger partial charge in [0.1, 0.15) is 6.10 Å². The first-order valence-electron chi connectivity index (χ1n) is 11.0. The predicted molar refractivity (Wildman–Crippen MR) is 126 cm³/mol. The van der Waals surface area contributed by atoms with Crippen molar-refractivity contribution in [3.8, 4) is 5.88 Å². The van der Waals surface area contributed by atoms with Crippen LogP contribution in [0.25, 0.3) is 0 Å². The minimum Gasteiger partial charge on any atom is -0.474 e. The molecule has 0 bridgehead atoms. The molecule has 1 spiro atoms. The molecular formula is C22H35IN4O2. The first kappa shape index (κ1) is 22.6. The molecule has 1 saturated carbocycles. The van der Waals surface area contributed by atoms with Gasteiger partial charge in [-0.15, -0.1) is 24.0 Å². The SMILES string of the molecule is CCNC(=NCc1ccc(OC2CCCCC2)nc1)N1CCC2(CCOC2)C1.I. The largest absolute Gasteiger partial charge is 0.474 e. The molecule has 1 unspecified atom stereocenters. The maximum absolute atomic E-state index is 6.03. The van der Waals surface area contributed by atoms with Gasteiger partial charge in [-0.1, -0.05) is 12.5 Å². The summed E-state index contributed by atoms with van der Waals surface area (Å²) in [6.45, 7) is 7.55. The van der Waals surface area contributed by atoms with Gasteiger partial charge in [0.25, 0.3) is 0 Å². The Balaban J connectivity index is 0.00000240. The number of aromatic nitrogens is 1. The maximum Gasteiger partial charge on any atom is 0.213 e. The van der Waals surface area contributed by atoms with Crippen molar-refractivity contribution in [1.29, 1.82) is 0 Å².